The average molecular weight is 397 g/mol. The number of benzene rings is 2. The van der Waals surface area contributed by atoms with E-state index in [4.69, 9.17) is 9.47 Å². The molecule has 156 valence electrons. The molecule has 2 aromatic carbocycles. The van der Waals surface area contributed by atoms with Crippen molar-refractivity contribution in [2.24, 2.45) is 0 Å². The van der Waals surface area contributed by atoms with Crippen molar-refractivity contribution in [2.75, 3.05) is 38.3 Å². The van der Waals surface area contributed by atoms with Gasteiger partial charge < -0.3 is 19.3 Å². The van der Waals surface area contributed by atoms with Gasteiger partial charge in [-0.1, -0.05) is 12.1 Å². The Hall–Kier alpha value is -2.69. The lowest BCUT2D eigenvalue weighted by atomic mass is 10.1. The van der Waals surface area contributed by atoms with E-state index in [2.05, 4.69) is 29.2 Å². The van der Waals surface area contributed by atoms with Crippen molar-refractivity contribution in [2.45, 2.75) is 39.7 Å². The van der Waals surface area contributed by atoms with E-state index in [1.54, 1.807) is 17.0 Å². The van der Waals surface area contributed by atoms with Crippen LogP contribution in [-0.4, -0.2) is 44.2 Å². The van der Waals surface area contributed by atoms with Crippen molar-refractivity contribution < 1.29 is 14.3 Å². The number of ether oxygens (including phenoxy) is 2. The van der Waals surface area contributed by atoms with Crippen molar-refractivity contribution in [3.63, 3.8) is 0 Å². The van der Waals surface area contributed by atoms with E-state index in [1.165, 1.54) is 24.9 Å². The number of rotatable bonds is 8. The van der Waals surface area contributed by atoms with Gasteiger partial charge in [-0.15, -0.1) is 0 Å². The third kappa shape index (κ3) is 5.43. The fourth-order valence-electron chi connectivity index (χ4n) is 3.71. The van der Waals surface area contributed by atoms with E-state index in [-0.39, 0.29) is 5.91 Å². The molecule has 0 unspecified atom stereocenters. The summed E-state index contributed by atoms with van der Waals surface area (Å²) in [5, 5.41) is 0. The summed E-state index contributed by atoms with van der Waals surface area (Å²) in [7, 11) is 1.83. The zero-order valence-corrected chi connectivity index (χ0v) is 17.8. The summed E-state index contributed by atoms with van der Waals surface area (Å²) < 4.78 is 11.2. The van der Waals surface area contributed by atoms with Crippen LogP contribution in [0, 0.1) is 0 Å². The Bertz CT molecular complexity index is 798. The standard InChI is InChI=1S/C24H32N2O3/c1-4-28-22-14-11-20(17-23(22)29-5-2)24(27)25(3)18-19-9-12-21(13-10-19)26-15-7-6-8-16-26/h9-14,17H,4-8,15-16,18H2,1-3H3. The van der Waals surface area contributed by atoms with Gasteiger partial charge in [-0.05, 0) is 69.0 Å². The first kappa shape index (κ1) is 21.0. The summed E-state index contributed by atoms with van der Waals surface area (Å²) in [4.78, 5) is 17.1. The SMILES string of the molecule is CCOc1ccc(C(=O)N(C)Cc2ccc(N3CCCCC3)cc2)cc1OCC. The van der Waals surface area contributed by atoms with Gasteiger partial charge in [-0.2, -0.15) is 0 Å². The highest BCUT2D eigenvalue weighted by atomic mass is 16.5. The molecule has 1 heterocycles. The molecular weight excluding hydrogens is 364 g/mol. The van der Waals surface area contributed by atoms with Crippen molar-refractivity contribution in [1.29, 1.82) is 0 Å². The molecule has 1 saturated heterocycles. The number of amides is 1. The van der Waals surface area contributed by atoms with E-state index in [0.29, 0.717) is 36.8 Å². The summed E-state index contributed by atoms with van der Waals surface area (Å²) >= 11 is 0. The molecule has 1 amide bonds. The molecule has 0 spiro atoms. The van der Waals surface area contributed by atoms with Gasteiger partial charge in [-0.25, -0.2) is 0 Å². The molecule has 0 N–H and O–H groups in total. The molecule has 5 nitrogen and oxygen atoms in total. The van der Waals surface area contributed by atoms with Gasteiger partial charge >= 0.3 is 0 Å². The first-order chi connectivity index (χ1) is 14.1. The topological polar surface area (TPSA) is 42.0 Å². The maximum atomic E-state index is 12.9. The molecule has 2 aromatic rings. The number of hydrogen-bond acceptors (Lipinski definition) is 4. The lowest BCUT2D eigenvalue weighted by molar-refractivity contribution is 0.0784. The lowest BCUT2D eigenvalue weighted by Gasteiger charge is -2.29. The molecule has 29 heavy (non-hydrogen) atoms. The molecule has 5 heteroatoms. The summed E-state index contributed by atoms with van der Waals surface area (Å²) in [5.74, 6) is 1.25. The number of hydrogen-bond donors (Lipinski definition) is 0. The molecule has 0 atom stereocenters. The van der Waals surface area contributed by atoms with Gasteiger partial charge in [0, 0.05) is 37.9 Å². The highest BCUT2D eigenvalue weighted by Gasteiger charge is 2.16. The minimum absolute atomic E-state index is 0.0332. The van der Waals surface area contributed by atoms with Crippen molar-refractivity contribution >= 4 is 11.6 Å². The maximum absolute atomic E-state index is 12.9. The Kier molecular flexibility index (Phi) is 7.39. The van der Waals surface area contributed by atoms with E-state index in [1.807, 2.05) is 27.0 Å². The summed E-state index contributed by atoms with van der Waals surface area (Å²) in [6.07, 6.45) is 3.87. The molecule has 3 rings (SSSR count). The minimum atomic E-state index is -0.0332. The molecule has 0 bridgehead atoms. The molecular formula is C24H32N2O3. The quantitative estimate of drug-likeness (QED) is 0.646. The van der Waals surface area contributed by atoms with Crippen LogP contribution in [0.5, 0.6) is 11.5 Å². The summed E-state index contributed by atoms with van der Waals surface area (Å²) in [6.45, 7) is 7.77. The summed E-state index contributed by atoms with van der Waals surface area (Å²) in [6, 6.07) is 14.0. The maximum Gasteiger partial charge on any atom is 0.254 e. The lowest BCUT2D eigenvalue weighted by Crippen LogP contribution is -2.29. The zero-order chi connectivity index (χ0) is 20.6. The molecule has 1 aliphatic heterocycles. The fraction of sp³-hybridized carbons (Fsp3) is 0.458. The monoisotopic (exact) mass is 396 g/mol. The fourth-order valence-corrected chi connectivity index (χ4v) is 3.71. The Morgan fingerprint density at radius 3 is 2.24 bits per heavy atom. The smallest absolute Gasteiger partial charge is 0.254 e. The van der Waals surface area contributed by atoms with E-state index >= 15 is 0 Å². The van der Waals surface area contributed by atoms with Crippen molar-refractivity contribution in [3.05, 3.63) is 53.6 Å². The second-order valence-corrected chi connectivity index (χ2v) is 7.40. The minimum Gasteiger partial charge on any atom is -0.490 e. The van der Waals surface area contributed by atoms with Gasteiger partial charge in [0.05, 0.1) is 13.2 Å². The molecule has 1 aliphatic rings. The highest BCUT2D eigenvalue weighted by Crippen LogP contribution is 2.29. The second kappa shape index (κ2) is 10.2. The van der Waals surface area contributed by atoms with Gasteiger partial charge in [0.15, 0.2) is 11.5 Å². The largest absolute Gasteiger partial charge is 0.490 e. The van der Waals surface area contributed by atoms with Gasteiger partial charge in [0.25, 0.3) is 5.91 Å². The first-order valence-corrected chi connectivity index (χ1v) is 10.6. The van der Waals surface area contributed by atoms with Gasteiger partial charge in [0.1, 0.15) is 0 Å². The van der Waals surface area contributed by atoms with Crippen LogP contribution in [0.1, 0.15) is 49.0 Å². The summed E-state index contributed by atoms with van der Waals surface area (Å²) in [5.41, 5.74) is 3.00. The van der Waals surface area contributed by atoms with Crippen LogP contribution in [0.15, 0.2) is 42.5 Å². The Balaban J connectivity index is 1.66. The second-order valence-electron chi connectivity index (χ2n) is 7.40. The van der Waals surface area contributed by atoms with Crippen LogP contribution >= 0.6 is 0 Å². The third-order valence-corrected chi connectivity index (χ3v) is 5.21. The average Bonchev–Trinajstić information content (AvgIpc) is 2.76. The predicted molar refractivity (Wildman–Crippen MR) is 117 cm³/mol. The van der Waals surface area contributed by atoms with Crippen LogP contribution in [0.2, 0.25) is 0 Å². The number of nitrogens with zero attached hydrogens (tertiary/aromatic N) is 2. The van der Waals surface area contributed by atoms with Crippen molar-refractivity contribution in [1.82, 2.24) is 4.90 Å². The Morgan fingerprint density at radius 1 is 0.931 bits per heavy atom. The number of carbonyl (C=O) groups is 1. The predicted octanol–water partition coefficient (Wildman–Crippen LogP) is 4.75. The first-order valence-electron chi connectivity index (χ1n) is 10.6. The Morgan fingerprint density at radius 2 is 1.59 bits per heavy atom. The van der Waals surface area contributed by atoms with Crippen LogP contribution < -0.4 is 14.4 Å². The molecule has 0 radical (unpaired) electrons. The van der Waals surface area contributed by atoms with E-state index in [0.717, 1.165) is 18.7 Å². The zero-order valence-electron chi connectivity index (χ0n) is 17.8. The van der Waals surface area contributed by atoms with Gasteiger partial charge in [0.2, 0.25) is 0 Å². The van der Waals surface area contributed by atoms with Gasteiger partial charge in [-0.3, -0.25) is 4.79 Å². The van der Waals surface area contributed by atoms with E-state index < -0.39 is 0 Å². The third-order valence-electron chi connectivity index (χ3n) is 5.21. The van der Waals surface area contributed by atoms with E-state index in [9.17, 15) is 4.79 Å². The Labute approximate surface area is 174 Å². The van der Waals surface area contributed by atoms with Crippen LogP contribution in [0.3, 0.4) is 0 Å². The van der Waals surface area contributed by atoms with Crippen LogP contribution in [-0.2, 0) is 6.54 Å². The van der Waals surface area contributed by atoms with Crippen LogP contribution in [0.4, 0.5) is 5.69 Å². The molecule has 0 aliphatic carbocycles. The number of carbonyl (C=O) groups excluding carboxylic acids is 1. The van der Waals surface area contributed by atoms with Crippen LogP contribution in [0.25, 0.3) is 0 Å². The van der Waals surface area contributed by atoms with Crippen molar-refractivity contribution in [3.8, 4) is 11.5 Å². The molecule has 1 fully saturated rings. The highest BCUT2D eigenvalue weighted by molar-refractivity contribution is 5.94. The number of piperidine rings is 1. The molecule has 0 aromatic heterocycles. The number of anilines is 1. The normalized spacial score (nSPS) is 13.8. The molecule has 0 saturated carbocycles.